The summed E-state index contributed by atoms with van der Waals surface area (Å²) in [6, 6.07) is 1.08. The topological polar surface area (TPSA) is 84.2 Å². The molecule has 0 heterocycles. The lowest BCUT2D eigenvalue weighted by molar-refractivity contribution is -0.118. The van der Waals surface area contributed by atoms with Crippen LogP contribution in [0.25, 0.3) is 0 Å². The quantitative estimate of drug-likeness (QED) is 0.748. The minimum Gasteiger partial charge on any atom is -0.352 e. The van der Waals surface area contributed by atoms with E-state index in [9.17, 15) is 18.4 Å². The van der Waals surface area contributed by atoms with Crippen LogP contribution in [0.3, 0.4) is 0 Å². The van der Waals surface area contributed by atoms with Crippen LogP contribution in [0.4, 0.5) is 19.3 Å². The predicted molar refractivity (Wildman–Crippen MR) is 74.5 cm³/mol. The van der Waals surface area contributed by atoms with Crippen LogP contribution >= 0.6 is 11.8 Å². The Bertz CT molecular complexity index is 500. The largest absolute Gasteiger partial charge is 0.352 e. The Morgan fingerprint density at radius 1 is 1.40 bits per heavy atom. The van der Waals surface area contributed by atoms with Crippen LogP contribution in [0.2, 0.25) is 0 Å². The molecular formula is C12H15F2N3O2S. The number of urea groups is 1. The lowest BCUT2D eigenvalue weighted by Crippen LogP contribution is -2.46. The van der Waals surface area contributed by atoms with Crippen molar-refractivity contribution in [3.05, 3.63) is 29.8 Å². The van der Waals surface area contributed by atoms with Gasteiger partial charge in [0.05, 0.1) is 5.69 Å². The summed E-state index contributed by atoms with van der Waals surface area (Å²) in [7, 11) is 0. The Labute approximate surface area is 119 Å². The van der Waals surface area contributed by atoms with Crippen molar-refractivity contribution in [1.29, 1.82) is 0 Å². The summed E-state index contributed by atoms with van der Waals surface area (Å²) < 4.78 is 26.2. The maximum Gasteiger partial charge on any atom is 0.312 e. The SMILES string of the molecule is CSCC[C@H](NC(N)=O)C(=O)Nc1ccc(F)cc1F. The molecule has 0 saturated heterocycles. The van der Waals surface area contributed by atoms with Gasteiger partial charge < -0.3 is 16.4 Å². The summed E-state index contributed by atoms with van der Waals surface area (Å²) >= 11 is 1.49. The van der Waals surface area contributed by atoms with E-state index in [1.54, 1.807) is 0 Å². The summed E-state index contributed by atoms with van der Waals surface area (Å²) in [5, 5.41) is 4.57. The molecule has 0 aliphatic heterocycles. The van der Waals surface area contributed by atoms with E-state index in [2.05, 4.69) is 10.6 Å². The minimum absolute atomic E-state index is 0.156. The first-order chi connectivity index (χ1) is 9.43. The van der Waals surface area contributed by atoms with Crippen LogP contribution in [-0.2, 0) is 4.79 Å². The Morgan fingerprint density at radius 3 is 2.65 bits per heavy atom. The molecule has 5 nitrogen and oxygen atoms in total. The molecule has 0 spiro atoms. The number of carbonyl (C=O) groups excluding carboxylic acids is 2. The number of benzene rings is 1. The highest BCUT2D eigenvalue weighted by molar-refractivity contribution is 7.98. The standard InChI is InChI=1S/C12H15F2N3O2S/c1-20-5-4-10(17-12(15)19)11(18)16-9-3-2-7(13)6-8(9)14/h2-3,6,10H,4-5H2,1H3,(H,16,18)(H3,15,17,19)/t10-/m0/s1. The number of thioether (sulfide) groups is 1. The first-order valence-corrected chi connectivity index (χ1v) is 7.14. The molecule has 1 aromatic rings. The summed E-state index contributed by atoms with van der Waals surface area (Å²) in [6.07, 6.45) is 2.19. The van der Waals surface area contributed by atoms with Crippen molar-refractivity contribution < 1.29 is 18.4 Å². The molecule has 0 unspecified atom stereocenters. The average molecular weight is 303 g/mol. The molecule has 0 fully saturated rings. The van der Waals surface area contributed by atoms with Crippen molar-refractivity contribution in [3.63, 3.8) is 0 Å². The highest BCUT2D eigenvalue weighted by Gasteiger charge is 2.20. The van der Waals surface area contributed by atoms with Crippen molar-refractivity contribution in [1.82, 2.24) is 5.32 Å². The van der Waals surface area contributed by atoms with Crippen molar-refractivity contribution in [2.24, 2.45) is 5.73 Å². The molecule has 0 aliphatic carbocycles. The third-order valence-corrected chi connectivity index (χ3v) is 3.08. The van der Waals surface area contributed by atoms with Crippen LogP contribution in [-0.4, -0.2) is 30.0 Å². The van der Waals surface area contributed by atoms with Crippen LogP contribution in [0, 0.1) is 11.6 Å². The lowest BCUT2D eigenvalue weighted by atomic mass is 10.2. The molecule has 0 aliphatic rings. The Morgan fingerprint density at radius 2 is 2.10 bits per heavy atom. The van der Waals surface area contributed by atoms with Crippen molar-refractivity contribution in [2.75, 3.05) is 17.3 Å². The van der Waals surface area contributed by atoms with Gasteiger partial charge in [-0.15, -0.1) is 0 Å². The van der Waals surface area contributed by atoms with Gasteiger partial charge in [-0.1, -0.05) is 0 Å². The predicted octanol–water partition coefficient (Wildman–Crippen LogP) is 1.69. The number of nitrogens with two attached hydrogens (primary N) is 1. The van der Waals surface area contributed by atoms with Crippen molar-refractivity contribution >= 4 is 29.4 Å². The molecule has 1 aromatic carbocycles. The fraction of sp³-hybridized carbons (Fsp3) is 0.333. The molecule has 0 bridgehead atoms. The molecule has 4 N–H and O–H groups in total. The maximum atomic E-state index is 13.4. The summed E-state index contributed by atoms with van der Waals surface area (Å²) in [5.41, 5.74) is 4.83. The van der Waals surface area contributed by atoms with Gasteiger partial charge in [-0.2, -0.15) is 11.8 Å². The first kappa shape index (κ1) is 16.2. The second kappa shape index (κ2) is 7.68. The van der Waals surface area contributed by atoms with E-state index in [4.69, 9.17) is 5.73 Å². The summed E-state index contributed by atoms with van der Waals surface area (Å²) in [5.74, 6) is -1.62. The van der Waals surface area contributed by atoms with Gasteiger partial charge in [0, 0.05) is 6.07 Å². The number of rotatable bonds is 6. The van der Waals surface area contributed by atoms with E-state index in [1.165, 1.54) is 11.8 Å². The summed E-state index contributed by atoms with van der Waals surface area (Å²) in [6.45, 7) is 0. The minimum atomic E-state index is -0.888. The highest BCUT2D eigenvalue weighted by Crippen LogP contribution is 2.15. The molecule has 1 atom stereocenters. The normalized spacial score (nSPS) is 11.8. The number of hydrogen-bond acceptors (Lipinski definition) is 3. The van der Waals surface area contributed by atoms with Crippen LogP contribution in [0.5, 0.6) is 0 Å². The highest BCUT2D eigenvalue weighted by atomic mass is 32.2. The summed E-state index contributed by atoms with van der Waals surface area (Å²) in [4.78, 5) is 22.8. The Kier molecular flexibility index (Phi) is 6.23. The van der Waals surface area contributed by atoms with Crippen LogP contribution < -0.4 is 16.4 Å². The molecule has 20 heavy (non-hydrogen) atoms. The molecule has 1 rings (SSSR count). The Hall–Kier alpha value is -1.83. The van der Waals surface area contributed by atoms with Gasteiger partial charge in [-0.05, 0) is 30.6 Å². The van der Waals surface area contributed by atoms with Crippen LogP contribution in [0.1, 0.15) is 6.42 Å². The lowest BCUT2D eigenvalue weighted by Gasteiger charge is -2.17. The second-order valence-electron chi connectivity index (χ2n) is 3.96. The fourth-order valence-electron chi connectivity index (χ4n) is 1.49. The molecular weight excluding hydrogens is 288 g/mol. The van der Waals surface area contributed by atoms with E-state index in [0.29, 0.717) is 18.2 Å². The smallest absolute Gasteiger partial charge is 0.312 e. The molecule has 0 radical (unpaired) electrons. The van der Waals surface area contributed by atoms with E-state index in [-0.39, 0.29) is 5.69 Å². The number of carbonyl (C=O) groups is 2. The number of amides is 3. The van der Waals surface area contributed by atoms with Gasteiger partial charge in [0.25, 0.3) is 0 Å². The van der Waals surface area contributed by atoms with Gasteiger partial charge in [0.1, 0.15) is 17.7 Å². The molecule has 0 aromatic heterocycles. The number of hydrogen-bond donors (Lipinski definition) is 3. The molecule has 8 heteroatoms. The zero-order valence-electron chi connectivity index (χ0n) is 10.8. The monoisotopic (exact) mass is 303 g/mol. The van der Waals surface area contributed by atoms with Gasteiger partial charge in [0.2, 0.25) is 5.91 Å². The Balaban J connectivity index is 2.76. The first-order valence-electron chi connectivity index (χ1n) is 5.75. The third-order valence-electron chi connectivity index (χ3n) is 2.43. The van der Waals surface area contributed by atoms with Gasteiger partial charge >= 0.3 is 6.03 Å². The van der Waals surface area contributed by atoms with Gasteiger partial charge in [-0.3, -0.25) is 4.79 Å². The number of anilines is 1. The van der Waals surface area contributed by atoms with Crippen molar-refractivity contribution in [2.45, 2.75) is 12.5 Å². The van der Waals surface area contributed by atoms with Crippen LogP contribution in [0.15, 0.2) is 18.2 Å². The van der Waals surface area contributed by atoms with E-state index in [0.717, 1.165) is 12.1 Å². The zero-order valence-corrected chi connectivity index (χ0v) is 11.6. The fourth-order valence-corrected chi connectivity index (χ4v) is 1.96. The average Bonchev–Trinajstić information content (AvgIpc) is 2.37. The van der Waals surface area contributed by atoms with Crippen molar-refractivity contribution in [3.8, 4) is 0 Å². The molecule has 0 saturated carbocycles. The maximum absolute atomic E-state index is 13.4. The van der Waals surface area contributed by atoms with E-state index in [1.807, 2.05) is 6.26 Å². The van der Waals surface area contributed by atoms with E-state index >= 15 is 0 Å². The zero-order chi connectivity index (χ0) is 15.1. The molecule has 110 valence electrons. The molecule has 3 amide bonds. The number of primary amides is 1. The van der Waals surface area contributed by atoms with Gasteiger partial charge in [0.15, 0.2) is 0 Å². The number of nitrogens with one attached hydrogen (secondary N) is 2. The second-order valence-corrected chi connectivity index (χ2v) is 4.94. The number of halogens is 2. The third kappa shape index (κ3) is 5.04. The van der Waals surface area contributed by atoms with Gasteiger partial charge in [-0.25, -0.2) is 13.6 Å². The van der Waals surface area contributed by atoms with E-state index < -0.39 is 29.6 Å².